The highest BCUT2D eigenvalue weighted by atomic mass is 16.6. The maximum atomic E-state index is 12.2. The maximum Gasteiger partial charge on any atom is 0.353 e. The number of esters is 2. The first kappa shape index (κ1) is 18.7. The van der Waals surface area contributed by atoms with Gasteiger partial charge in [-0.15, -0.1) is 0 Å². The van der Waals surface area contributed by atoms with Gasteiger partial charge in [0.05, 0.1) is 12.2 Å². The molecule has 1 rings (SSSR count). The second-order valence-corrected chi connectivity index (χ2v) is 5.27. The topological polar surface area (TPSA) is 74.2 Å². The Balaban J connectivity index is 3.01. The van der Waals surface area contributed by atoms with Crippen LogP contribution in [0, 0.1) is 5.92 Å². The summed E-state index contributed by atoms with van der Waals surface area (Å²) in [5.74, 6) is -1.07. The molecule has 1 aromatic rings. The van der Waals surface area contributed by atoms with Gasteiger partial charge in [-0.25, -0.2) is 9.59 Å². The van der Waals surface area contributed by atoms with Crippen molar-refractivity contribution in [3.8, 4) is 0 Å². The second kappa shape index (κ2) is 9.61. The molecule has 0 aliphatic heterocycles. The van der Waals surface area contributed by atoms with Gasteiger partial charge in [-0.2, -0.15) is 0 Å². The van der Waals surface area contributed by atoms with E-state index >= 15 is 0 Å². The lowest BCUT2D eigenvalue weighted by atomic mass is 10.0. The molecule has 0 saturated heterocycles. The predicted molar refractivity (Wildman–Crippen MR) is 86.2 cm³/mol. The van der Waals surface area contributed by atoms with Gasteiger partial charge in [0, 0.05) is 0 Å². The molecule has 0 N–H and O–H groups in total. The summed E-state index contributed by atoms with van der Waals surface area (Å²) < 4.78 is 10.3. The molecule has 23 heavy (non-hydrogen) atoms. The fourth-order valence-corrected chi connectivity index (χ4v) is 1.95. The maximum absolute atomic E-state index is 12.2. The molecule has 0 saturated carbocycles. The van der Waals surface area contributed by atoms with E-state index < -0.39 is 18.0 Å². The SMILES string of the molecule is CCOC(=O)C(OC(=O)c1ccccc1)/C(CC(C)C)=N\OC. The van der Waals surface area contributed by atoms with E-state index in [1.807, 2.05) is 13.8 Å². The van der Waals surface area contributed by atoms with Gasteiger partial charge in [0.2, 0.25) is 6.10 Å². The van der Waals surface area contributed by atoms with E-state index in [1.54, 1.807) is 37.3 Å². The van der Waals surface area contributed by atoms with E-state index in [0.717, 1.165) is 0 Å². The third kappa shape index (κ3) is 6.10. The van der Waals surface area contributed by atoms with Gasteiger partial charge in [0.25, 0.3) is 0 Å². The Morgan fingerprint density at radius 1 is 1.17 bits per heavy atom. The van der Waals surface area contributed by atoms with Crippen molar-refractivity contribution < 1.29 is 23.9 Å². The zero-order valence-electron chi connectivity index (χ0n) is 13.9. The summed E-state index contributed by atoms with van der Waals surface area (Å²) in [7, 11) is 1.38. The van der Waals surface area contributed by atoms with E-state index in [0.29, 0.717) is 17.7 Å². The van der Waals surface area contributed by atoms with Crippen LogP contribution < -0.4 is 0 Å². The van der Waals surface area contributed by atoms with Gasteiger partial charge < -0.3 is 14.3 Å². The molecule has 1 atom stereocenters. The monoisotopic (exact) mass is 321 g/mol. The summed E-state index contributed by atoms with van der Waals surface area (Å²) in [4.78, 5) is 29.2. The van der Waals surface area contributed by atoms with Crippen molar-refractivity contribution in [3.63, 3.8) is 0 Å². The molecule has 6 nitrogen and oxygen atoms in total. The quantitative estimate of drug-likeness (QED) is 0.418. The van der Waals surface area contributed by atoms with Crippen LogP contribution in [0.25, 0.3) is 0 Å². The van der Waals surface area contributed by atoms with Crippen LogP contribution in [0.4, 0.5) is 0 Å². The normalized spacial score (nSPS) is 12.7. The van der Waals surface area contributed by atoms with Crippen molar-refractivity contribution >= 4 is 17.7 Å². The standard InChI is InChI=1S/C17H23NO5/c1-5-22-17(20)15(14(18-21-4)11-12(2)3)23-16(19)13-9-7-6-8-10-13/h6-10,12,15H,5,11H2,1-4H3/b18-14-. The summed E-state index contributed by atoms with van der Waals surface area (Å²) in [6.07, 6.45) is -0.774. The van der Waals surface area contributed by atoms with Crippen LogP contribution in [0.3, 0.4) is 0 Å². The highest BCUT2D eigenvalue weighted by Crippen LogP contribution is 2.13. The van der Waals surface area contributed by atoms with Crippen molar-refractivity contribution in [1.29, 1.82) is 0 Å². The summed E-state index contributed by atoms with van der Waals surface area (Å²) in [6.45, 7) is 5.79. The van der Waals surface area contributed by atoms with E-state index in [-0.39, 0.29) is 12.5 Å². The highest BCUT2D eigenvalue weighted by Gasteiger charge is 2.31. The first-order chi connectivity index (χ1) is 11.0. The van der Waals surface area contributed by atoms with Crippen molar-refractivity contribution in [3.05, 3.63) is 35.9 Å². The van der Waals surface area contributed by atoms with Crippen molar-refractivity contribution in [1.82, 2.24) is 0 Å². The van der Waals surface area contributed by atoms with E-state index in [1.165, 1.54) is 7.11 Å². The van der Waals surface area contributed by atoms with Gasteiger partial charge in [0.1, 0.15) is 12.8 Å². The Hall–Kier alpha value is -2.37. The number of rotatable bonds is 8. The Morgan fingerprint density at radius 2 is 1.83 bits per heavy atom. The predicted octanol–water partition coefficient (Wildman–Crippen LogP) is 2.82. The minimum Gasteiger partial charge on any atom is -0.463 e. The largest absolute Gasteiger partial charge is 0.463 e. The molecular weight excluding hydrogens is 298 g/mol. The molecule has 1 unspecified atom stereocenters. The van der Waals surface area contributed by atoms with Crippen LogP contribution in [-0.2, 0) is 19.1 Å². The van der Waals surface area contributed by atoms with Gasteiger partial charge >= 0.3 is 11.9 Å². The number of ether oxygens (including phenoxy) is 2. The van der Waals surface area contributed by atoms with Crippen LogP contribution >= 0.6 is 0 Å². The molecule has 0 amide bonds. The number of hydrogen-bond donors (Lipinski definition) is 0. The van der Waals surface area contributed by atoms with Crippen molar-refractivity contribution in [2.75, 3.05) is 13.7 Å². The molecular formula is C17H23NO5. The molecule has 126 valence electrons. The minimum absolute atomic E-state index is 0.181. The van der Waals surface area contributed by atoms with Crippen LogP contribution in [-0.4, -0.2) is 37.5 Å². The van der Waals surface area contributed by atoms with Gasteiger partial charge in [-0.1, -0.05) is 37.2 Å². The Morgan fingerprint density at radius 3 is 2.35 bits per heavy atom. The first-order valence-corrected chi connectivity index (χ1v) is 7.52. The van der Waals surface area contributed by atoms with E-state index in [2.05, 4.69) is 5.16 Å². The number of carbonyl (C=O) groups is 2. The van der Waals surface area contributed by atoms with E-state index in [9.17, 15) is 9.59 Å². The van der Waals surface area contributed by atoms with E-state index in [4.69, 9.17) is 14.3 Å². The Bertz CT molecular complexity index is 539. The molecule has 0 radical (unpaired) electrons. The summed E-state index contributed by atoms with van der Waals surface area (Å²) in [5.41, 5.74) is 0.674. The molecule has 1 aromatic carbocycles. The second-order valence-electron chi connectivity index (χ2n) is 5.27. The lowest BCUT2D eigenvalue weighted by molar-refractivity contribution is -0.149. The number of benzene rings is 1. The van der Waals surface area contributed by atoms with Crippen LogP contribution in [0.15, 0.2) is 35.5 Å². The molecule has 0 aliphatic rings. The molecule has 0 bridgehead atoms. The van der Waals surface area contributed by atoms with Crippen LogP contribution in [0.5, 0.6) is 0 Å². The Kier molecular flexibility index (Phi) is 7.80. The summed E-state index contributed by atoms with van der Waals surface area (Å²) >= 11 is 0. The fraction of sp³-hybridized carbons (Fsp3) is 0.471. The lowest BCUT2D eigenvalue weighted by Gasteiger charge is -2.19. The van der Waals surface area contributed by atoms with Crippen molar-refractivity contribution in [2.24, 2.45) is 11.1 Å². The summed E-state index contributed by atoms with van der Waals surface area (Å²) in [5, 5.41) is 3.85. The Labute approximate surface area is 136 Å². The average Bonchev–Trinajstić information content (AvgIpc) is 2.52. The molecule has 0 heterocycles. The number of carbonyl (C=O) groups excluding carboxylic acids is 2. The van der Waals surface area contributed by atoms with Gasteiger partial charge in [-0.05, 0) is 31.4 Å². The third-order valence-corrected chi connectivity index (χ3v) is 2.86. The molecule has 6 heteroatoms. The minimum atomic E-state index is -1.22. The molecule has 0 aromatic heterocycles. The van der Waals surface area contributed by atoms with Crippen LogP contribution in [0.2, 0.25) is 0 Å². The lowest BCUT2D eigenvalue weighted by Crippen LogP contribution is -2.37. The smallest absolute Gasteiger partial charge is 0.353 e. The zero-order chi connectivity index (χ0) is 17.2. The fourth-order valence-electron chi connectivity index (χ4n) is 1.95. The number of oxime groups is 1. The highest BCUT2D eigenvalue weighted by molar-refractivity contribution is 6.07. The third-order valence-electron chi connectivity index (χ3n) is 2.86. The number of nitrogens with zero attached hydrogens (tertiary/aromatic N) is 1. The van der Waals surface area contributed by atoms with Crippen LogP contribution in [0.1, 0.15) is 37.6 Å². The van der Waals surface area contributed by atoms with Gasteiger partial charge in [-0.3, -0.25) is 0 Å². The molecule has 0 spiro atoms. The van der Waals surface area contributed by atoms with Gasteiger partial charge in [0.15, 0.2) is 0 Å². The number of hydrogen-bond acceptors (Lipinski definition) is 6. The molecule has 0 fully saturated rings. The molecule has 0 aliphatic carbocycles. The summed E-state index contributed by atoms with van der Waals surface area (Å²) in [6, 6.07) is 8.44. The first-order valence-electron chi connectivity index (χ1n) is 7.52. The zero-order valence-corrected chi connectivity index (χ0v) is 13.9. The average molecular weight is 321 g/mol. The van der Waals surface area contributed by atoms with Crippen molar-refractivity contribution in [2.45, 2.75) is 33.3 Å².